The molecule has 0 saturated heterocycles. The van der Waals surface area contributed by atoms with E-state index in [4.69, 9.17) is 5.73 Å². The third-order valence-electron chi connectivity index (χ3n) is 1.24. The summed E-state index contributed by atoms with van der Waals surface area (Å²) in [5.41, 5.74) is 5.70. The number of rotatable bonds is 2. The van der Waals surface area contributed by atoms with Crippen molar-refractivity contribution < 1.29 is 12.9 Å². The maximum Gasteiger partial charge on any atom is 0.167 e. The van der Waals surface area contributed by atoms with Gasteiger partial charge in [-0.05, 0) is 0 Å². The van der Waals surface area contributed by atoms with E-state index in [0.717, 1.165) is 6.26 Å². The van der Waals surface area contributed by atoms with E-state index < -0.39 is 15.2 Å². The fourth-order valence-corrected chi connectivity index (χ4v) is 1.21. The van der Waals surface area contributed by atoms with Crippen molar-refractivity contribution in [3.63, 3.8) is 0 Å². The lowest BCUT2D eigenvalue weighted by atomic mass is 10.4. The standard InChI is InChI=1S/C5H8N2O3S/c1-11(8,9)5(6)4-2-7-10-3-4/h2-3,5H,6H2,1H3. The van der Waals surface area contributed by atoms with E-state index in [9.17, 15) is 8.42 Å². The molecule has 0 aliphatic heterocycles. The second-order valence-electron chi connectivity index (χ2n) is 2.21. The highest BCUT2D eigenvalue weighted by Gasteiger charge is 2.18. The molecule has 1 aromatic rings. The Hall–Kier alpha value is -0.880. The molecule has 0 radical (unpaired) electrons. The van der Waals surface area contributed by atoms with Crippen molar-refractivity contribution in [3.05, 3.63) is 18.0 Å². The van der Waals surface area contributed by atoms with Crippen molar-refractivity contribution in [3.8, 4) is 0 Å². The van der Waals surface area contributed by atoms with Crippen LogP contribution in [0.5, 0.6) is 0 Å². The van der Waals surface area contributed by atoms with Crippen molar-refractivity contribution in [2.45, 2.75) is 5.37 Å². The van der Waals surface area contributed by atoms with Gasteiger partial charge in [0, 0.05) is 11.8 Å². The first-order valence-corrected chi connectivity index (χ1v) is 4.81. The van der Waals surface area contributed by atoms with Gasteiger partial charge in [0.25, 0.3) is 0 Å². The highest BCUT2D eigenvalue weighted by molar-refractivity contribution is 7.90. The second-order valence-corrected chi connectivity index (χ2v) is 4.37. The SMILES string of the molecule is CS(=O)(=O)C(N)c1cnoc1. The number of nitrogens with two attached hydrogens (primary N) is 1. The van der Waals surface area contributed by atoms with Gasteiger partial charge in [0.1, 0.15) is 11.6 Å². The van der Waals surface area contributed by atoms with Crippen molar-refractivity contribution >= 4 is 9.84 Å². The molecular formula is C5H8N2O3S. The van der Waals surface area contributed by atoms with Crippen molar-refractivity contribution in [2.75, 3.05) is 6.26 Å². The molecule has 1 heterocycles. The molecule has 0 aliphatic rings. The van der Waals surface area contributed by atoms with E-state index in [1.165, 1.54) is 12.5 Å². The normalized spacial score (nSPS) is 14.7. The molecule has 6 heteroatoms. The number of hydrogen-bond donors (Lipinski definition) is 1. The van der Waals surface area contributed by atoms with E-state index in [2.05, 4.69) is 9.68 Å². The summed E-state index contributed by atoms with van der Waals surface area (Å²) >= 11 is 0. The molecule has 5 nitrogen and oxygen atoms in total. The van der Waals surface area contributed by atoms with Crippen LogP contribution in [0.4, 0.5) is 0 Å². The Morgan fingerprint density at radius 1 is 1.73 bits per heavy atom. The maximum atomic E-state index is 10.8. The summed E-state index contributed by atoms with van der Waals surface area (Å²) in [6.07, 6.45) is 3.56. The summed E-state index contributed by atoms with van der Waals surface area (Å²) in [5.74, 6) is 0. The van der Waals surface area contributed by atoms with Gasteiger partial charge in [0.05, 0.1) is 6.20 Å². The predicted octanol–water partition coefficient (Wildman–Crippen LogP) is -0.324. The molecule has 0 spiro atoms. The van der Waals surface area contributed by atoms with Gasteiger partial charge in [-0.1, -0.05) is 5.16 Å². The zero-order chi connectivity index (χ0) is 8.48. The van der Waals surface area contributed by atoms with Crippen LogP contribution in [0.15, 0.2) is 17.0 Å². The lowest BCUT2D eigenvalue weighted by molar-refractivity contribution is 0.418. The number of aromatic nitrogens is 1. The minimum Gasteiger partial charge on any atom is -0.364 e. The molecule has 2 N–H and O–H groups in total. The third-order valence-corrected chi connectivity index (χ3v) is 2.44. The second kappa shape index (κ2) is 2.63. The van der Waals surface area contributed by atoms with Crippen LogP contribution in [0.25, 0.3) is 0 Å². The maximum absolute atomic E-state index is 10.8. The van der Waals surface area contributed by atoms with Gasteiger partial charge in [-0.15, -0.1) is 0 Å². The van der Waals surface area contributed by atoms with E-state index >= 15 is 0 Å². The number of nitrogens with zero attached hydrogens (tertiary/aromatic N) is 1. The van der Waals surface area contributed by atoms with Crippen molar-refractivity contribution in [1.82, 2.24) is 5.16 Å². The molecule has 0 aromatic carbocycles. The average Bonchev–Trinajstić information content (AvgIpc) is 2.34. The Morgan fingerprint density at radius 2 is 2.36 bits per heavy atom. The molecule has 0 saturated carbocycles. The summed E-state index contributed by atoms with van der Waals surface area (Å²) < 4.78 is 26.1. The molecule has 0 fully saturated rings. The lowest BCUT2D eigenvalue weighted by Gasteiger charge is -2.03. The Kier molecular flexibility index (Phi) is 1.97. The Morgan fingerprint density at radius 3 is 2.73 bits per heavy atom. The van der Waals surface area contributed by atoms with Gasteiger partial charge in [-0.3, -0.25) is 0 Å². The first kappa shape index (κ1) is 8.22. The molecule has 11 heavy (non-hydrogen) atoms. The van der Waals surface area contributed by atoms with Crippen LogP contribution in [0.3, 0.4) is 0 Å². The fraction of sp³-hybridized carbons (Fsp3) is 0.400. The minimum absolute atomic E-state index is 0.368. The summed E-state index contributed by atoms with van der Waals surface area (Å²) in [4.78, 5) is 0. The first-order chi connectivity index (χ1) is 5.02. The van der Waals surface area contributed by atoms with Crippen LogP contribution in [0, 0.1) is 0 Å². The van der Waals surface area contributed by atoms with E-state index in [1.54, 1.807) is 0 Å². The topological polar surface area (TPSA) is 86.2 Å². The minimum atomic E-state index is -3.25. The zero-order valence-electron chi connectivity index (χ0n) is 5.89. The van der Waals surface area contributed by atoms with Gasteiger partial charge in [0.2, 0.25) is 0 Å². The zero-order valence-corrected chi connectivity index (χ0v) is 6.71. The molecule has 0 bridgehead atoms. The summed E-state index contributed by atoms with van der Waals surface area (Å²) in [6.45, 7) is 0. The molecule has 62 valence electrons. The molecule has 0 amide bonds. The van der Waals surface area contributed by atoms with Crippen LogP contribution in [0.1, 0.15) is 10.9 Å². The highest BCUT2D eigenvalue weighted by Crippen LogP contribution is 2.13. The highest BCUT2D eigenvalue weighted by atomic mass is 32.2. The van der Waals surface area contributed by atoms with E-state index in [0.29, 0.717) is 5.56 Å². The summed E-state index contributed by atoms with van der Waals surface area (Å²) in [6, 6.07) is 0. The number of hydrogen-bond acceptors (Lipinski definition) is 5. The van der Waals surface area contributed by atoms with Gasteiger partial charge in [-0.25, -0.2) is 8.42 Å². The predicted molar refractivity (Wildman–Crippen MR) is 38.3 cm³/mol. The fourth-order valence-electron chi connectivity index (χ4n) is 0.601. The van der Waals surface area contributed by atoms with Gasteiger partial charge < -0.3 is 10.3 Å². The van der Waals surface area contributed by atoms with Crippen molar-refractivity contribution in [2.24, 2.45) is 5.73 Å². The third kappa shape index (κ3) is 1.78. The first-order valence-electron chi connectivity index (χ1n) is 2.85. The molecule has 1 unspecified atom stereocenters. The smallest absolute Gasteiger partial charge is 0.167 e. The largest absolute Gasteiger partial charge is 0.364 e. The molecule has 1 aromatic heterocycles. The Balaban J connectivity index is 2.97. The van der Waals surface area contributed by atoms with Crippen LogP contribution < -0.4 is 5.73 Å². The summed E-state index contributed by atoms with van der Waals surface area (Å²) in [7, 11) is -3.25. The van der Waals surface area contributed by atoms with Crippen LogP contribution >= 0.6 is 0 Å². The monoisotopic (exact) mass is 176 g/mol. The van der Waals surface area contributed by atoms with Crippen LogP contribution in [0.2, 0.25) is 0 Å². The number of sulfone groups is 1. The van der Waals surface area contributed by atoms with Gasteiger partial charge in [-0.2, -0.15) is 0 Å². The van der Waals surface area contributed by atoms with Crippen LogP contribution in [-0.2, 0) is 9.84 Å². The van der Waals surface area contributed by atoms with Crippen molar-refractivity contribution in [1.29, 1.82) is 0 Å². The van der Waals surface area contributed by atoms with Gasteiger partial charge in [0.15, 0.2) is 9.84 Å². The Labute approximate surface area is 64.1 Å². The van der Waals surface area contributed by atoms with E-state index in [-0.39, 0.29) is 0 Å². The molecule has 1 atom stereocenters. The van der Waals surface area contributed by atoms with E-state index in [1.807, 2.05) is 0 Å². The molecular weight excluding hydrogens is 168 g/mol. The lowest BCUT2D eigenvalue weighted by Crippen LogP contribution is -2.19. The average molecular weight is 176 g/mol. The van der Waals surface area contributed by atoms with Crippen LogP contribution in [-0.4, -0.2) is 19.8 Å². The molecule has 1 rings (SSSR count). The Bertz CT molecular complexity index is 316. The quantitative estimate of drug-likeness (QED) is 0.667. The summed E-state index contributed by atoms with van der Waals surface area (Å²) in [5, 5.41) is 2.30. The van der Waals surface area contributed by atoms with Gasteiger partial charge >= 0.3 is 0 Å². The molecule has 0 aliphatic carbocycles.